The van der Waals surface area contributed by atoms with Crippen LogP contribution in [0.3, 0.4) is 0 Å². The van der Waals surface area contributed by atoms with Gasteiger partial charge in [-0.3, -0.25) is 14.4 Å². The van der Waals surface area contributed by atoms with Crippen LogP contribution < -0.4 is 5.73 Å². The largest absolute Gasteiger partial charge is 0.507 e. The number of aliphatic hydroxyl groups is 7. The number of carbonyl (C=O) groups is 4. The molecule has 0 aromatic heterocycles. The number of aromatic hydroxyl groups is 1. The molecular formula is C48H65NO22. The van der Waals surface area contributed by atoms with Crippen molar-refractivity contribution in [1.82, 2.24) is 0 Å². The second-order valence-corrected chi connectivity index (χ2v) is 20.0. The molecule has 4 heterocycles. The normalized spacial score (nSPS) is 44.7. The molecule has 1 amide bonds. The van der Waals surface area contributed by atoms with Gasteiger partial charge in [-0.15, -0.1) is 0 Å². The minimum absolute atomic E-state index is 0.0450. The number of Topliss-reactive ketones (excluding diaryl/α,β-unsaturated/α-hetero) is 2. The van der Waals surface area contributed by atoms with Gasteiger partial charge in [-0.2, -0.15) is 0 Å². The first-order chi connectivity index (χ1) is 33.2. The van der Waals surface area contributed by atoms with Gasteiger partial charge in [0.2, 0.25) is 0 Å². The second kappa shape index (κ2) is 19.7. The average molecular weight is 1010 g/mol. The number of phenolic OH excluding ortho intramolecular Hbond substituents is 1. The number of phenols is 1. The lowest BCUT2D eigenvalue weighted by Crippen LogP contribution is -2.80. The predicted molar refractivity (Wildman–Crippen MR) is 237 cm³/mol. The minimum atomic E-state index is -3.18. The van der Waals surface area contributed by atoms with Crippen molar-refractivity contribution in [2.75, 3.05) is 7.11 Å². The van der Waals surface area contributed by atoms with E-state index in [9.17, 15) is 60.0 Å². The Morgan fingerprint density at radius 3 is 2.04 bits per heavy atom. The summed E-state index contributed by atoms with van der Waals surface area (Å²) in [6.45, 7) is 10.3. The second-order valence-electron chi connectivity index (χ2n) is 20.0. The summed E-state index contributed by atoms with van der Waals surface area (Å²) in [5.41, 5.74) is -5.72. The molecule has 23 nitrogen and oxygen atoms in total. The number of benzene rings is 1. The van der Waals surface area contributed by atoms with Crippen molar-refractivity contribution in [3.8, 4) is 5.75 Å². The molecule has 4 fully saturated rings. The Kier molecular flexibility index (Phi) is 14.8. The quantitative estimate of drug-likeness (QED) is 0.109. The van der Waals surface area contributed by atoms with E-state index in [1.54, 1.807) is 27.7 Å². The van der Waals surface area contributed by atoms with Crippen LogP contribution in [0.1, 0.15) is 113 Å². The zero-order valence-corrected chi connectivity index (χ0v) is 40.5. The fraction of sp³-hybridized carbons (Fsp3) is 0.708. The number of primary amides is 1. The van der Waals surface area contributed by atoms with Gasteiger partial charge in [0.1, 0.15) is 48.5 Å². The summed E-state index contributed by atoms with van der Waals surface area (Å²) in [7, 11) is 1.35. The van der Waals surface area contributed by atoms with Gasteiger partial charge in [0.05, 0.1) is 53.9 Å². The van der Waals surface area contributed by atoms with Crippen LogP contribution in [0.5, 0.6) is 5.75 Å². The zero-order chi connectivity index (χ0) is 52.0. The molecular weight excluding hydrogens is 943 g/mol. The van der Waals surface area contributed by atoms with E-state index in [1.807, 2.05) is 0 Å². The molecule has 0 bridgehead atoms. The number of esters is 1. The topological polar surface area (TPSA) is 348 Å². The first kappa shape index (κ1) is 53.3. The standard InChI is InChI=1S/C48H65NO22/c1-17-13-29(70-31-15-27(62-8)36(51)20(4)65-31)47(60)35-34(41(56)44(67-22(6)50)48(47,61)42(17)57)40(55)33-24(39(35)54)10-9-23(38(33)53)26-14-28(37(52)19(3)63-26)68-32-16-46(7,59)43(21(5)66-32)71-30-12-11-25(18(2)64-30)69-45(49)58/h9-10,13,18-21,25-32,36-37,41-44,51-53,56-57,59-61H,11-12,14-16H2,1-8H3,(H2,49,58). The van der Waals surface area contributed by atoms with Crippen LogP contribution in [-0.4, -0.2) is 193 Å². The monoisotopic (exact) mass is 1010 g/mol. The summed E-state index contributed by atoms with van der Waals surface area (Å²) >= 11 is 0. The smallest absolute Gasteiger partial charge is 0.404 e. The van der Waals surface area contributed by atoms with Crippen LogP contribution in [0.2, 0.25) is 0 Å². The van der Waals surface area contributed by atoms with Crippen LogP contribution in [0.25, 0.3) is 0 Å². The molecule has 4 aliphatic heterocycles. The number of hydrogen-bond donors (Lipinski definition) is 9. The zero-order valence-electron chi connectivity index (χ0n) is 40.5. The lowest BCUT2D eigenvalue weighted by Gasteiger charge is -2.59. The van der Waals surface area contributed by atoms with Gasteiger partial charge in [0, 0.05) is 62.0 Å². The summed E-state index contributed by atoms with van der Waals surface area (Å²) in [5.74, 6) is -4.28. The highest BCUT2D eigenvalue weighted by atomic mass is 16.7. The van der Waals surface area contributed by atoms with E-state index in [1.165, 1.54) is 39.2 Å². The van der Waals surface area contributed by atoms with Crippen LogP contribution in [-0.2, 0) is 52.2 Å². The molecule has 1 aromatic carbocycles. The maximum absolute atomic E-state index is 15.0. The van der Waals surface area contributed by atoms with Gasteiger partial charge in [-0.25, -0.2) is 4.79 Å². The van der Waals surface area contributed by atoms with Crippen molar-refractivity contribution >= 4 is 23.6 Å². The van der Waals surface area contributed by atoms with E-state index in [2.05, 4.69) is 0 Å². The highest BCUT2D eigenvalue weighted by Crippen LogP contribution is 2.56. The van der Waals surface area contributed by atoms with Crippen molar-refractivity contribution in [2.24, 2.45) is 5.73 Å². The number of ether oxygens (including phenoxy) is 10. The average Bonchev–Trinajstić information content (AvgIpc) is 3.28. The van der Waals surface area contributed by atoms with E-state index in [-0.39, 0.29) is 30.4 Å². The van der Waals surface area contributed by atoms with E-state index < -0.39 is 179 Å². The molecule has 10 N–H and O–H groups in total. The third kappa shape index (κ3) is 9.13. The van der Waals surface area contributed by atoms with Gasteiger partial charge in [-0.05, 0) is 59.6 Å². The van der Waals surface area contributed by atoms with Crippen LogP contribution in [0.4, 0.5) is 4.79 Å². The number of methoxy groups -OCH3 is 1. The maximum atomic E-state index is 15.0. The Balaban J connectivity index is 1.07. The molecule has 1 aromatic rings. The van der Waals surface area contributed by atoms with E-state index >= 15 is 0 Å². The molecule has 7 aliphatic rings. The number of aliphatic hydroxyl groups excluding tert-OH is 4. The van der Waals surface area contributed by atoms with Gasteiger partial charge in [-0.1, -0.05) is 12.1 Å². The number of hydrogen-bond acceptors (Lipinski definition) is 22. The van der Waals surface area contributed by atoms with Crippen LogP contribution in [0.15, 0.2) is 34.9 Å². The number of amides is 1. The predicted octanol–water partition coefficient (Wildman–Crippen LogP) is -0.0910. The molecule has 4 saturated heterocycles. The van der Waals surface area contributed by atoms with E-state index in [4.69, 9.17) is 53.1 Å². The minimum Gasteiger partial charge on any atom is -0.507 e. The summed E-state index contributed by atoms with van der Waals surface area (Å²) in [6, 6.07) is 2.46. The van der Waals surface area contributed by atoms with Gasteiger partial charge < -0.3 is 94.0 Å². The number of ketones is 2. The number of carbonyl (C=O) groups excluding carboxylic acids is 4. The summed E-state index contributed by atoms with van der Waals surface area (Å²) in [4.78, 5) is 53.9. The fourth-order valence-electron chi connectivity index (χ4n) is 11.5. The van der Waals surface area contributed by atoms with Crippen molar-refractivity contribution in [3.05, 3.63) is 51.6 Å². The third-order valence-electron chi connectivity index (χ3n) is 15.1. The molecule has 8 rings (SSSR count). The summed E-state index contributed by atoms with van der Waals surface area (Å²) in [6.07, 6.45) is -21.3. The first-order valence-electron chi connectivity index (χ1n) is 23.8. The van der Waals surface area contributed by atoms with Crippen molar-refractivity contribution in [1.29, 1.82) is 0 Å². The summed E-state index contributed by atoms with van der Waals surface area (Å²) in [5, 5.41) is 95.2. The van der Waals surface area contributed by atoms with Gasteiger partial charge in [0.15, 0.2) is 47.7 Å². The summed E-state index contributed by atoms with van der Waals surface area (Å²) < 4.78 is 58.8. The molecule has 0 spiro atoms. The molecule has 21 unspecified atom stereocenters. The van der Waals surface area contributed by atoms with Crippen LogP contribution >= 0.6 is 0 Å². The Bertz CT molecular complexity index is 2320. The van der Waals surface area contributed by atoms with Crippen molar-refractivity contribution in [3.63, 3.8) is 0 Å². The molecule has 394 valence electrons. The molecule has 0 radical (unpaired) electrons. The van der Waals surface area contributed by atoms with Gasteiger partial charge in [0.25, 0.3) is 0 Å². The van der Waals surface area contributed by atoms with Crippen LogP contribution in [0, 0.1) is 0 Å². The Hall–Kier alpha value is -4.02. The molecule has 71 heavy (non-hydrogen) atoms. The highest BCUT2D eigenvalue weighted by Gasteiger charge is 2.74. The molecule has 23 heteroatoms. The van der Waals surface area contributed by atoms with Crippen molar-refractivity contribution in [2.45, 2.75) is 208 Å². The number of rotatable bonds is 10. The number of nitrogens with two attached hydrogens (primary N) is 1. The molecule has 0 saturated carbocycles. The molecule has 3 aliphatic carbocycles. The van der Waals surface area contributed by atoms with E-state index in [0.717, 1.165) is 6.92 Å². The van der Waals surface area contributed by atoms with Crippen molar-refractivity contribution < 1.29 is 107 Å². The SMILES string of the molecule is COC1CC(OC2C=C(C)C(O)C3(O)C(OC(C)=O)C(O)C4=C(C(=O)c5ccc(C6CC(OC7CC(C)(O)C(OC8CCC(OC(N)=O)C(C)O8)C(C)O7)C(O)C(C)O6)c(O)c5C4=O)C23O)OC(C)C1O. The highest BCUT2D eigenvalue weighted by molar-refractivity contribution is 6.29. The Labute approximate surface area is 408 Å². The fourth-order valence-corrected chi connectivity index (χ4v) is 11.5. The van der Waals surface area contributed by atoms with E-state index in [0.29, 0.717) is 12.8 Å². The lowest BCUT2D eigenvalue weighted by atomic mass is 9.54. The molecule has 21 atom stereocenters. The number of fused-ring (bicyclic) bond motifs is 3. The Morgan fingerprint density at radius 2 is 1.41 bits per heavy atom. The third-order valence-corrected chi connectivity index (χ3v) is 15.1. The lowest BCUT2D eigenvalue weighted by molar-refractivity contribution is -0.336. The maximum Gasteiger partial charge on any atom is 0.404 e. The first-order valence-corrected chi connectivity index (χ1v) is 23.8. The van der Waals surface area contributed by atoms with Gasteiger partial charge >= 0.3 is 12.1 Å². The Morgan fingerprint density at radius 1 is 0.761 bits per heavy atom.